The first-order valence-corrected chi connectivity index (χ1v) is 7.06. The minimum Gasteiger partial charge on any atom is -0.472 e. The number of pyridine rings is 1. The molecular weight excluding hydrogens is 308 g/mol. The Balaban J connectivity index is 1.90. The van der Waals surface area contributed by atoms with Crippen LogP contribution in [0.3, 0.4) is 0 Å². The summed E-state index contributed by atoms with van der Waals surface area (Å²) in [4.78, 5) is 17.9. The molecule has 2 rings (SSSR count). The number of likely N-dealkylation sites (tertiary alicyclic amines) is 1. The van der Waals surface area contributed by atoms with Crippen molar-refractivity contribution in [1.82, 2.24) is 9.88 Å². The number of allylic oxidation sites excluding steroid dienone is 1. The van der Waals surface area contributed by atoms with Crippen LogP contribution in [-0.4, -0.2) is 35.0 Å². The van der Waals surface area contributed by atoms with Crippen LogP contribution in [0.5, 0.6) is 5.88 Å². The topological polar surface area (TPSA) is 42.4 Å². The molecular formula is C14H17BrN2O2. The predicted octanol–water partition coefficient (Wildman–Crippen LogP) is 2.79. The van der Waals surface area contributed by atoms with E-state index in [4.69, 9.17) is 4.74 Å². The second-order valence-corrected chi connectivity index (χ2v) is 5.76. The standard InChI is InChI=1S/C14H17BrN2O2/c1-10(2)7-14(18)17-6-5-12(9-17)19-13-4-3-11(15)8-16-13/h3-4,7-8,12H,5-6,9H2,1-2H3/t12-/m1/s1. The number of carbonyl (C=O) groups is 1. The molecule has 0 saturated carbocycles. The average Bonchev–Trinajstić information content (AvgIpc) is 2.80. The lowest BCUT2D eigenvalue weighted by atomic mass is 10.3. The average molecular weight is 325 g/mol. The van der Waals surface area contributed by atoms with Gasteiger partial charge in [-0.1, -0.05) is 5.57 Å². The zero-order chi connectivity index (χ0) is 13.8. The van der Waals surface area contributed by atoms with Gasteiger partial charge in [0.1, 0.15) is 6.10 Å². The van der Waals surface area contributed by atoms with E-state index in [0.29, 0.717) is 12.4 Å². The molecule has 1 atom stereocenters. The van der Waals surface area contributed by atoms with Crippen molar-refractivity contribution in [3.05, 3.63) is 34.5 Å². The Morgan fingerprint density at radius 3 is 2.95 bits per heavy atom. The molecule has 1 saturated heterocycles. The van der Waals surface area contributed by atoms with E-state index in [1.807, 2.05) is 30.9 Å². The summed E-state index contributed by atoms with van der Waals surface area (Å²) in [5.41, 5.74) is 1.02. The van der Waals surface area contributed by atoms with Crippen molar-refractivity contribution in [3.8, 4) is 5.88 Å². The van der Waals surface area contributed by atoms with Crippen LogP contribution >= 0.6 is 15.9 Å². The number of carbonyl (C=O) groups excluding carboxylic acids is 1. The summed E-state index contributed by atoms with van der Waals surface area (Å²) in [6.45, 7) is 5.21. The normalized spacial score (nSPS) is 18.3. The van der Waals surface area contributed by atoms with E-state index in [0.717, 1.165) is 23.0 Å². The Kier molecular flexibility index (Phi) is 4.58. The Labute approximate surface area is 121 Å². The van der Waals surface area contributed by atoms with E-state index in [1.165, 1.54) is 0 Å². The number of ether oxygens (including phenoxy) is 1. The summed E-state index contributed by atoms with van der Waals surface area (Å²) in [5, 5.41) is 0. The molecule has 19 heavy (non-hydrogen) atoms. The van der Waals surface area contributed by atoms with Gasteiger partial charge in [-0.15, -0.1) is 0 Å². The van der Waals surface area contributed by atoms with Crippen molar-refractivity contribution in [1.29, 1.82) is 0 Å². The molecule has 1 aromatic heterocycles. The fourth-order valence-corrected chi connectivity index (χ4v) is 2.20. The monoisotopic (exact) mass is 324 g/mol. The smallest absolute Gasteiger partial charge is 0.246 e. The molecule has 0 radical (unpaired) electrons. The maximum absolute atomic E-state index is 11.9. The van der Waals surface area contributed by atoms with Gasteiger partial charge in [0.15, 0.2) is 0 Å². The van der Waals surface area contributed by atoms with Crippen molar-refractivity contribution >= 4 is 21.8 Å². The number of hydrogen-bond donors (Lipinski definition) is 0. The Hall–Kier alpha value is -1.36. The summed E-state index contributed by atoms with van der Waals surface area (Å²) in [7, 11) is 0. The van der Waals surface area contributed by atoms with Crippen molar-refractivity contribution < 1.29 is 9.53 Å². The fraction of sp³-hybridized carbons (Fsp3) is 0.429. The first-order chi connectivity index (χ1) is 9.04. The molecule has 0 aliphatic carbocycles. The van der Waals surface area contributed by atoms with Crippen LogP contribution in [-0.2, 0) is 4.79 Å². The number of hydrogen-bond acceptors (Lipinski definition) is 3. The maximum atomic E-state index is 11.9. The van der Waals surface area contributed by atoms with Gasteiger partial charge in [0, 0.05) is 35.8 Å². The van der Waals surface area contributed by atoms with Gasteiger partial charge in [-0.2, -0.15) is 0 Å². The second-order valence-electron chi connectivity index (χ2n) is 4.85. The van der Waals surface area contributed by atoms with Crippen molar-refractivity contribution in [2.24, 2.45) is 0 Å². The van der Waals surface area contributed by atoms with Gasteiger partial charge in [0.05, 0.1) is 6.54 Å². The van der Waals surface area contributed by atoms with Crippen LogP contribution in [0.1, 0.15) is 20.3 Å². The lowest BCUT2D eigenvalue weighted by Crippen LogP contribution is -2.29. The zero-order valence-electron chi connectivity index (χ0n) is 11.1. The minimum absolute atomic E-state index is 0.0307. The molecule has 0 N–H and O–H groups in total. The van der Waals surface area contributed by atoms with Crippen molar-refractivity contribution in [2.75, 3.05) is 13.1 Å². The summed E-state index contributed by atoms with van der Waals surface area (Å²) in [5.74, 6) is 0.666. The summed E-state index contributed by atoms with van der Waals surface area (Å²) >= 11 is 3.33. The van der Waals surface area contributed by atoms with Crippen LogP contribution in [0.25, 0.3) is 0 Å². The highest BCUT2D eigenvalue weighted by atomic mass is 79.9. The maximum Gasteiger partial charge on any atom is 0.246 e. The second kappa shape index (κ2) is 6.19. The molecule has 1 aromatic rings. The van der Waals surface area contributed by atoms with Crippen molar-refractivity contribution in [2.45, 2.75) is 26.4 Å². The number of aromatic nitrogens is 1. The summed E-state index contributed by atoms with van der Waals surface area (Å²) < 4.78 is 6.69. The lowest BCUT2D eigenvalue weighted by molar-refractivity contribution is -0.125. The number of rotatable bonds is 3. The molecule has 4 nitrogen and oxygen atoms in total. The van der Waals surface area contributed by atoms with Crippen LogP contribution in [0, 0.1) is 0 Å². The molecule has 102 valence electrons. The molecule has 5 heteroatoms. The fourth-order valence-electron chi connectivity index (χ4n) is 1.97. The molecule has 0 unspecified atom stereocenters. The Morgan fingerprint density at radius 1 is 1.53 bits per heavy atom. The number of amides is 1. The zero-order valence-corrected chi connectivity index (χ0v) is 12.7. The van der Waals surface area contributed by atoms with Gasteiger partial charge in [-0.25, -0.2) is 4.98 Å². The van der Waals surface area contributed by atoms with Gasteiger partial charge in [-0.3, -0.25) is 4.79 Å². The van der Waals surface area contributed by atoms with E-state index < -0.39 is 0 Å². The first kappa shape index (κ1) is 14.1. The van der Waals surface area contributed by atoms with E-state index >= 15 is 0 Å². The Bertz CT molecular complexity index is 481. The quantitative estimate of drug-likeness (QED) is 0.803. The van der Waals surface area contributed by atoms with Crippen LogP contribution in [0.15, 0.2) is 34.5 Å². The number of halogens is 1. The molecule has 1 fully saturated rings. The minimum atomic E-state index is 0.0307. The number of nitrogens with zero attached hydrogens (tertiary/aromatic N) is 2. The molecule has 1 amide bonds. The molecule has 0 aromatic carbocycles. The largest absolute Gasteiger partial charge is 0.472 e. The highest BCUT2D eigenvalue weighted by Gasteiger charge is 2.26. The third-order valence-corrected chi connectivity index (χ3v) is 3.33. The SMILES string of the molecule is CC(C)=CC(=O)N1CC[C@@H](Oc2ccc(Br)cn2)C1. The predicted molar refractivity (Wildman–Crippen MR) is 77.0 cm³/mol. The lowest BCUT2D eigenvalue weighted by Gasteiger charge is -2.15. The van der Waals surface area contributed by atoms with Gasteiger partial charge in [-0.05, 0) is 35.8 Å². The molecule has 0 spiro atoms. The van der Waals surface area contributed by atoms with Crippen LogP contribution in [0.2, 0.25) is 0 Å². The van der Waals surface area contributed by atoms with E-state index in [2.05, 4.69) is 20.9 Å². The van der Waals surface area contributed by atoms with Gasteiger partial charge in [0.25, 0.3) is 0 Å². The molecule has 2 heterocycles. The van der Waals surface area contributed by atoms with Crippen LogP contribution in [0.4, 0.5) is 0 Å². The van der Waals surface area contributed by atoms with Crippen molar-refractivity contribution in [3.63, 3.8) is 0 Å². The molecule has 1 aliphatic rings. The van der Waals surface area contributed by atoms with E-state index in [1.54, 1.807) is 12.3 Å². The van der Waals surface area contributed by atoms with Crippen LogP contribution < -0.4 is 4.74 Å². The highest BCUT2D eigenvalue weighted by Crippen LogP contribution is 2.18. The van der Waals surface area contributed by atoms with Gasteiger partial charge >= 0.3 is 0 Å². The highest BCUT2D eigenvalue weighted by molar-refractivity contribution is 9.10. The summed E-state index contributed by atoms with van der Waals surface area (Å²) in [6.07, 6.45) is 4.25. The first-order valence-electron chi connectivity index (χ1n) is 6.26. The molecule has 1 aliphatic heterocycles. The Morgan fingerprint density at radius 2 is 2.32 bits per heavy atom. The summed E-state index contributed by atoms with van der Waals surface area (Å²) in [6, 6.07) is 3.72. The van der Waals surface area contributed by atoms with E-state index in [-0.39, 0.29) is 12.0 Å². The molecule has 0 bridgehead atoms. The third kappa shape index (κ3) is 4.06. The van der Waals surface area contributed by atoms with Gasteiger partial charge in [0.2, 0.25) is 11.8 Å². The van der Waals surface area contributed by atoms with E-state index in [9.17, 15) is 4.79 Å². The third-order valence-electron chi connectivity index (χ3n) is 2.86. The van der Waals surface area contributed by atoms with Gasteiger partial charge < -0.3 is 9.64 Å².